The third kappa shape index (κ3) is 3.31. The summed E-state index contributed by atoms with van der Waals surface area (Å²) in [5, 5.41) is 4.01. The molecule has 0 amide bonds. The molecule has 0 radical (unpaired) electrons. The van der Waals surface area contributed by atoms with Gasteiger partial charge in [-0.1, -0.05) is 5.16 Å². The van der Waals surface area contributed by atoms with Gasteiger partial charge in [0.15, 0.2) is 0 Å². The topological polar surface area (TPSA) is 41.7 Å². The van der Waals surface area contributed by atoms with Crippen molar-refractivity contribution in [3.05, 3.63) is 17.0 Å². The Bertz CT molecular complexity index is 370. The van der Waals surface area contributed by atoms with E-state index in [0.29, 0.717) is 6.10 Å². The summed E-state index contributed by atoms with van der Waals surface area (Å²) in [6.45, 7) is 8.63. The number of ether oxygens (including phenoxy) is 1. The van der Waals surface area contributed by atoms with Crippen LogP contribution in [0.4, 0.5) is 0 Å². The molecule has 0 saturated carbocycles. The highest BCUT2D eigenvalue weighted by molar-refractivity contribution is 5.20. The van der Waals surface area contributed by atoms with E-state index in [0.717, 1.165) is 44.2 Å². The molecule has 1 aromatic rings. The van der Waals surface area contributed by atoms with Crippen molar-refractivity contribution in [1.82, 2.24) is 15.0 Å². The monoisotopic (exact) mass is 253 g/mol. The van der Waals surface area contributed by atoms with Gasteiger partial charge in [-0.3, -0.25) is 4.90 Å². The minimum absolute atomic E-state index is 0.300. The maximum Gasteiger partial charge on any atom is 0.138 e. The van der Waals surface area contributed by atoms with Crippen molar-refractivity contribution in [2.45, 2.75) is 26.5 Å². The lowest BCUT2D eigenvalue weighted by atomic mass is 10.1. The highest BCUT2D eigenvalue weighted by atomic mass is 16.5. The maximum absolute atomic E-state index is 5.78. The van der Waals surface area contributed by atoms with Crippen molar-refractivity contribution in [3.63, 3.8) is 0 Å². The van der Waals surface area contributed by atoms with Crippen LogP contribution in [0.2, 0.25) is 0 Å². The zero-order valence-electron chi connectivity index (χ0n) is 11.8. The molecule has 1 aliphatic heterocycles. The molecule has 0 spiro atoms. The Labute approximate surface area is 109 Å². The summed E-state index contributed by atoms with van der Waals surface area (Å²) in [5.41, 5.74) is 2.23. The van der Waals surface area contributed by atoms with E-state index < -0.39 is 0 Å². The summed E-state index contributed by atoms with van der Waals surface area (Å²) in [4.78, 5) is 4.59. The lowest BCUT2D eigenvalue weighted by Gasteiger charge is -2.34. The molecule has 102 valence electrons. The summed E-state index contributed by atoms with van der Waals surface area (Å²) in [6.07, 6.45) is 0.300. The lowest BCUT2D eigenvalue weighted by molar-refractivity contribution is -0.0408. The van der Waals surface area contributed by atoms with Gasteiger partial charge in [0.2, 0.25) is 0 Å². The van der Waals surface area contributed by atoms with Crippen LogP contribution >= 0.6 is 0 Å². The fraction of sp³-hybridized carbons (Fsp3) is 0.769. The van der Waals surface area contributed by atoms with Gasteiger partial charge < -0.3 is 14.2 Å². The molecule has 5 heteroatoms. The van der Waals surface area contributed by atoms with Crippen LogP contribution < -0.4 is 0 Å². The molecule has 1 saturated heterocycles. The van der Waals surface area contributed by atoms with Crippen LogP contribution in [0.1, 0.15) is 17.0 Å². The summed E-state index contributed by atoms with van der Waals surface area (Å²) in [6, 6.07) is 0. The third-order valence-electron chi connectivity index (χ3n) is 3.35. The quantitative estimate of drug-likeness (QED) is 0.802. The number of nitrogens with zero attached hydrogens (tertiary/aromatic N) is 3. The van der Waals surface area contributed by atoms with Crippen LogP contribution in [0.3, 0.4) is 0 Å². The Morgan fingerprint density at radius 2 is 2.17 bits per heavy atom. The van der Waals surface area contributed by atoms with Crippen molar-refractivity contribution < 1.29 is 9.26 Å². The van der Waals surface area contributed by atoms with Crippen LogP contribution in [-0.2, 0) is 11.3 Å². The molecule has 1 aliphatic rings. The normalized spacial score (nSPS) is 21.7. The predicted octanol–water partition coefficient (Wildman–Crippen LogP) is 1.05. The van der Waals surface area contributed by atoms with Crippen LogP contribution in [-0.4, -0.2) is 61.4 Å². The Balaban J connectivity index is 1.93. The van der Waals surface area contributed by atoms with Gasteiger partial charge in [-0.15, -0.1) is 0 Å². The fourth-order valence-electron chi connectivity index (χ4n) is 2.39. The smallest absolute Gasteiger partial charge is 0.138 e. The minimum Gasteiger partial charge on any atom is -0.374 e. The van der Waals surface area contributed by atoms with Crippen LogP contribution in [0.25, 0.3) is 0 Å². The number of rotatable bonds is 4. The summed E-state index contributed by atoms with van der Waals surface area (Å²) >= 11 is 0. The second kappa shape index (κ2) is 5.82. The van der Waals surface area contributed by atoms with Gasteiger partial charge in [-0.2, -0.15) is 0 Å². The zero-order chi connectivity index (χ0) is 13.1. The largest absolute Gasteiger partial charge is 0.374 e. The Morgan fingerprint density at radius 3 is 2.78 bits per heavy atom. The number of hydrogen-bond acceptors (Lipinski definition) is 5. The van der Waals surface area contributed by atoms with E-state index in [2.05, 4.69) is 29.1 Å². The molecular weight excluding hydrogens is 230 g/mol. The van der Waals surface area contributed by atoms with Gasteiger partial charge >= 0.3 is 0 Å². The van der Waals surface area contributed by atoms with Gasteiger partial charge in [-0.25, -0.2) is 0 Å². The first kappa shape index (κ1) is 13.5. The minimum atomic E-state index is 0.300. The molecular formula is C13H23N3O2. The molecule has 0 aliphatic carbocycles. The van der Waals surface area contributed by atoms with Crippen molar-refractivity contribution >= 4 is 0 Å². The third-order valence-corrected chi connectivity index (χ3v) is 3.35. The predicted molar refractivity (Wildman–Crippen MR) is 69.5 cm³/mol. The lowest BCUT2D eigenvalue weighted by Crippen LogP contribution is -2.46. The van der Waals surface area contributed by atoms with Gasteiger partial charge in [0.1, 0.15) is 5.76 Å². The van der Waals surface area contributed by atoms with Crippen molar-refractivity contribution in [2.24, 2.45) is 0 Å². The first-order chi connectivity index (χ1) is 8.56. The standard InChI is InChI=1S/C13H23N3O2/c1-10-13(11(2)18-14-10)9-16-5-6-17-12(8-16)7-15(3)4/h12H,5-9H2,1-4H3/t12-/m0/s1. The van der Waals surface area contributed by atoms with E-state index in [1.807, 2.05) is 13.8 Å². The number of likely N-dealkylation sites (N-methyl/N-ethyl adjacent to an activating group) is 1. The number of aromatic nitrogens is 1. The molecule has 0 bridgehead atoms. The van der Waals surface area contributed by atoms with E-state index >= 15 is 0 Å². The van der Waals surface area contributed by atoms with E-state index in [-0.39, 0.29) is 0 Å². The second-order valence-electron chi connectivity index (χ2n) is 5.29. The van der Waals surface area contributed by atoms with Crippen molar-refractivity contribution in [1.29, 1.82) is 0 Å². The molecule has 1 fully saturated rings. The van der Waals surface area contributed by atoms with E-state index in [9.17, 15) is 0 Å². The molecule has 1 atom stereocenters. The van der Waals surface area contributed by atoms with Crippen molar-refractivity contribution in [3.8, 4) is 0 Å². The molecule has 0 unspecified atom stereocenters. The molecule has 5 nitrogen and oxygen atoms in total. The van der Waals surface area contributed by atoms with Crippen LogP contribution in [0.15, 0.2) is 4.52 Å². The van der Waals surface area contributed by atoms with E-state index in [4.69, 9.17) is 9.26 Å². The van der Waals surface area contributed by atoms with Gasteiger partial charge in [-0.05, 0) is 27.9 Å². The van der Waals surface area contributed by atoms with Gasteiger partial charge in [0.05, 0.1) is 18.4 Å². The average Bonchev–Trinajstić information content (AvgIpc) is 2.60. The average molecular weight is 253 g/mol. The second-order valence-corrected chi connectivity index (χ2v) is 5.29. The Morgan fingerprint density at radius 1 is 1.39 bits per heavy atom. The highest BCUT2D eigenvalue weighted by Gasteiger charge is 2.22. The summed E-state index contributed by atoms with van der Waals surface area (Å²) in [5.74, 6) is 0.933. The first-order valence-corrected chi connectivity index (χ1v) is 6.46. The summed E-state index contributed by atoms with van der Waals surface area (Å²) < 4.78 is 11.0. The van der Waals surface area contributed by atoms with Gasteiger partial charge in [0, 0.05) is 31.7 Å². The highest BCUT2D eigenvalue weighted by Crippen LogP contribution is 2.17. The SMILES string of the molecule is Cc1noc(C)c1CN1CCO[C@@H](CN(C)C)C1. The zero-order valence-corrected chi connectivity index (χ0v) is 11.8. The molecule has 2 heterocycles. The Hall–Kier alpha value is -0.910. The fourth-order valence-corrected chi connectivity index (χ4v) is 2.39. The number of morpholine rings is 1. The number of aryl methyl sites for hydroxylation is 2. The van der Waals surface area contributed by atoms with Crippen LogP contribution in [0.5, 0.6) is 0 Å². The molecule has 18 heavy (non-hydrogen) atoms. The molecule has 0 aromatic carbocycles. The van der Waals surface area contributed by atoms with Crippen LogP contribution in [0, 0.1) is 13.8 Å². The van der Waals surface area contributed by atoms with Crippen molar-refractivity contribution in [2.75, 3.05) is 40.3 Å². The molecule has 2 rings (SSSR count). The Kier molecular flexibility index (Phi) is 4.37. The molecule has 1 aromatic heterocycles. The van der Waals surface area contributed by atoms with E-state index in [1.165, 1.54) is 5.56 Å². The number of hydrogen-bond donors (Lipinski definition) is 0. The first-order valence-electron chi connectivity index (χ1n) is 6.46. The molecule has 0 N–H and O–H groups in total. The maximum atomic E-state index is 5.78. The summed E-state index contributed by atoms with van der Waals surface area (Å²) in [7, 11) is 4.16. The van der Waals surface area contributed by atoms with Gasteiger partial charge in [0.25, 0.3) is 0 Å². The van der Waals surface area contributed by atoms with E-state index in [1.54, 1.807) is 0 Å².